The van der Waals surface area contributed by atoms with Crippen molar-refractivity contribution in [1.29, 1.82) is 0 Å². The summed E-state index contributed by atoms with van der Waals surface area (Å²) in [5, 5.41) is 0. The Morgan fingerprint density at radius 3 is 2.64 bits per heavy atom. The van der Waals surface area contributed by atoms with E-state index in [-0.39, 0.29) is 16.7 Å². The van der Waals surface area contributed by atoms with Crippen molar-refractivity contribution in [2.45, 2.75) is 17.3 Å². The Kier molecular flexibility index (Phi) is 3.69. The molecule has 0 aliphatic carbocycles. The van der Waals surface area contributed by atoms with Gasteiger partial charge in [0.1, 0.15) is 5.75 Å². The molecule has 0 unspecified atom stereocenters. The molecule has 0 spiro atoms. The molecule has 0 saturated carbocycles. The molecule has 1 aromatic carbocycles. The number of ether oxygens (including phenoxy) is 1. The quantitative estimate of drug-likeness (QED) is 0.721. The standard InChI is InChI=1S/C9H9F3OS/c1-2-13-7-4-3-5-8(6-7)14-9(10,11)12/h3-6H,2H2,1H3. The third-order valence-corrected chi connectivity index (χ3v) is 2.07. The molecule has 14 heavy (non-hydrogen) atoms. The summed E-state index contributed by atoms with van der Waals surface area (Å²) >= 11 is -0.139. The lowest BCUT2D eigenvalue weighted by atomic mass is 10.3. The Morgan fingerprint density at radius 2 is 2.07 bits per heavy atom. The summed E-state index contributed by atoms with van der Waals surface area (Å²) in [6, 6.07) is 5.95. The third-order valence-electron chi connectivity index (χ3n) is 1.35. The van der Waals surface area contributed by atoms with Crippen molar-refractivity contribution in [3.8, 4) is 5.75 Å². The van der Waals surface area contributed by atoms with Crippen molar-refractivity contribution in [3.05, 3.63) is 24.3 Å². The average molecular weight is 222 g/mol. The van der Waals surface area contributed by atoms with Gasteiger partial charge in [0.2, 0.25) is 0 Å². The zero-order valence-corrected chi connectivity index (χ0v) is 8.28. The average Bonchev–Trinajstić information content (AvgIpc) is 2.02. The highest BCUT2D eigenvalue weighted by atomic mass is 32.2. The molecule has 0 bridgehead atoms. The van der Waals surface area contributed by atoms with Crippen LogP contribution in [0.25, 0.3) is 0 Å². The maximum Gasteiger partial charge on any atom is 0.446 e. The van der Waals surface area contributed by atoms with Gasteiger partial charge < -0.3 is 4.74 Å². The van der Waals surface area contributed by atoms with E-state index in [2.05, 4.69) is 0 Å². The lowest BCUT2D eigenvalue weighted by Gasteiger charge is -2.07. The molecule has 0 fully saturated rings. The van der Waals surface area contributed by atoms with Crippen LogP contribution in [0.1, 0.15) is 6.92 Å². The van der Waals surface area contributed by atoms with Gasteiger partial charge in [0.25, 0.3) is 0 Å². The summed E-state index contributed by atoms with van der Waals surface area (Å²) in [6.45, 7) is 2.23. The fourth-order valence-corrected chi connectivity index (χ4v) is 1.52. The predicted octanol–water partition coefficient (Wildman–Crippen LogP) is 3.70. The summed E-state index contributed by atoms with van der Waals surface area (Å²) in [5.74, 6) is 0.460. The molecule has 0 radical (unpaired) electrons. The van der Waals surface area contributed by atoms with E-state index in [1.165, 1.54) is 12.1 Å². The number of hydrogen-bond donors (Lipinski definition) is 0. The second-order valence-electron chi connectivity index (χ2n) is 2.46. The van der Waals surface area contributed by atoms with Crippen LogP contribution in [0.2, 0.25) is 0 Å². The molecule has 1 aromatic rings. The van der Waals surface area contributed by atoms with Gasteiger partial charge in [-0.15, -0.1) is 0 Å². The zero-order chi connectivity index (χ0) is 10.6. The van der Waals surface area contributed by atoms with E-state index in [0.29, 0.717) is 12.4 Å². The first-order valence-electron chi connectivity index (χ1n) is 4.00. The SMILES string of the molecule is CCOc1cccc(SC(F)(F)F)c1. The first-order valence-corrected chi connectivity index (χ1v) is 4.81. The fraction of sp³-hybridized carbons (Fsp3) is 0.333. The Labute approximate surface area is 84.3 Å². The number of alkyl halides is 3. The molecule has 0 N–H and O–H groups in total. The van der Waals surface area contributed by atoms with E-state index in [0.717, 1.165) is 0 Å². The molecule has 78 valence electrons. The van der Waals surface area contributed by atoms with E-state index in [9.17, 15) is 13.2 Å². The maximum atomic E-state index is 12.0. The van der Waals surface area contributed by atoms with Gasteiger partial charge >= 0.3 is 5.51 Å². The molecule has 5 heteroatoms. The minimum Gasteiger partial charge on any atom is -0.494 e. The lowest BCUT2D eigenvalue weighted by Crippen LogP contribution is -1.99. The Bertz CT molecular complexity index is 298. The van der Waals surface area contributed by atoms with Gasteiger partial charge in [-0.3, -0.25) is 0 Å². The van der Waals surface area contributed by atoms with Gasteiger partial charge in [0.05, 0.1) is 6.61 Å². The summed E-state index contributed by atoms with van der Waals surface area (Å²) in [6.07, 6.45) is 0. The van der Waals surface area contributed by atoms with Crippen LogP contribution in [0.4, 0.5) is 13.2 Å². The number of hydrogen-bond acceptors (Lipinski definition) is 2. The molecule has 1 rings (SSSR count). The molecule has 1 nitrogen and oxygen atoms in total. The molecule has 0 atom stereocenters. The molecular weight excluding hydrogens is 213 g/mol. The van der Waals surface area contributed by atoms with Gasteiger partial charge in [-0.25, -0.2) is 0 Å². The monoisotopic (exact) mass is 222 g/mol. The molecule has 0 aliphatic heterocycles. The predicted molar refractivity (Wildman–Crippen MR) is 49.5 cm³/mol. The van der Waals surface area contributed by atoms with Crippen LogP contribution >= 0.6 is 11.8 Å². The highest BCUT2D eigenvalue weighted by Crippen LogP contribution is 2.37. The van der Waals surface area contributed by atoms with E-state index in [1.807, 2.05) is 0 Å². The number of thioether (sulfide) groups is 1. The van der Waals surface area contributed by atoms with Crippen LogP contribution in [0.5, 0.6) is 5.75 Å². The summed E-state index contributed by atoms with van der Waals surface area (Å²) in [7, 11) is 0. The van der Waals surface area contributed by atoms with Crippen molar-refractivity contribution in [2.75, 3.05) is 6.61 Å². The molecular formula is C9H9F3OS. The summed E-state index contributed by atoms with van der Waals surface area (Å²) in [4.78, 5) is 0.142. The fourth-order valence-electron chi connectivity index (χ4n) is 0.928. The molecule has 0 amide bonds. The van der Waals surface area contributed by atoms with E-state index in [4.69, 9.17) is 4.74 Å². The second kappa shape index (κ2) is 4.59. The van der Waals surface area contributed by atoms with Crippen molar-refractivity contribution in [2.24, 2.45) is 0 Å². The minimum absolute atomic E-state index is 0.139. The topological polar surface area (TPSA) is 9.23 Å². The van der Waals surface area contributed by atoms with E-state index < -0.39 is 5.51 Å². The van der Waals surface area contributed by atoms with Crippen LogP contribution in [0, 0.1) is 0 Å². The Morgan fingerprint density at radius 1 is 1.36 bits per heavy atom. The molecule has 0 aliphatic rings. The van der Waals surface area contributed by atoms with E-state index in [1.54, 1.807) is 19.1 Å². The molecule has 0 heterocycles. The highest BCUT2D eigenvalue weighted by Gasteiger charge is 2.29. The van der Waals surface area contributed by atoms with Gasteiger partial charge in [0, 0.05) is 4.90 Å². The number of benzene rings is 1. The normalized spacial score (nSPS) is 11.4. The van der Waals surface area contributed by atoms with Crippen LogP contribution in [0.3, 0.4) is 0 Å². The molecule has 0 aromatic heterocycles. The van der Waals surface area contributed by atoms with Crippen molar-refractivity contribution in [3.63, 3.8) is 0 Å². The minimum atomic E-state index is -4.25. The van der Waals surface area contributed by atoms with Gasteiger partial charge in [-0.1, -0.05) is 6.07 Å². The van der Waals surface area contributed by atoms with Crippen molar-refractivity contribution in [1.82, 2.24) is 0 Å². The van der Waals surface area contributed by atoms with Crippen LogP contribution in [-0.2, 0) is 0 Å². The third kappa shape index (κ3) is 3.91. The molecule has 0 saturated heterocycles. The summed E-state index contributed by atoms with van der Waals surface area (Å²) < 4.78 is 41.0. The largest absolute Gasteiger partial charge is 0.494 e. The van der Waals surface area contributed by atoms with E-state index >= 15 is 0 Å². The van der Waals surface area contributed by atoms with Crippen LogP contribution < -0.4 is 4.74 Å². The Hall–Kier alpha value is -0.840. The van der Waals surface area contributed by atoms with Crippen molar-refractivity contribution >= 4 is 11.8 Å². The smallest absolute Gasteiger partial charge is 0.446 e. The number of rotatable bonds is 3. The van der Waals surface area contributed by atoms with Gasteiger partial charge in [-0.05, 0) is 36.9 Å². The Balaban J connectivity index is 2.73. The van der Waals surface area contributed by atoms with Crippen LogP contribution in [-0.4, -0.2) is 12.1 Å². The second-order valence-corrected chi connectivity index (χ2v) is 3.59. The highest BCUT2D eigenvalue weighted by molar-refractivity contribution is 8.00. The lowest BCUT2D eigenvalue weighted by molar-refractivity contribution is -0.0328. The van der Waals surface area contributed by atoms with Gasteiger partial charge in [-0.2, -0.15) is 13.2 Å². The summed E-state index contributed by atoms with van der Waals surface area (Å²) in [5.41, 5.74) is -4.25. The first-order chi connectivity index (χ1) is 6.51. The first kappa shape index (κ1) is 11.2. The van der Waals surface area contributed by atoms with Crippen LogP contribution in [0.15, 0.2) is 29.2 Å². The zero-order valence-electron chi connectivity index (χ0n) is 7.47. The maximum absolute atomic E-state index is 12.0. The number of halogens is 3. The van der Waals surface area contributed by atoms with Gasteiger partial charge in [0.15, 0.2) is 0 Å². The van der Waals surface area contributed by atoms with Crippen molar-refractivity contribution < 1.29 is 17.9 Å².